The van der Waals surface area contributed by atoms with Crippen LogP contribution in [0.1, 0.15) is 15.9 Å². The Balaban J connectivity index is 2.90. The molecule has 16 heavy (non-hydrogen) atoms. The maximum Gasteiger partial charge on any atom is 0.339 e. The molecule has 0 unspecified atom stereocenters. The van der Waals surface area contributed by atoms with Crippen LogP contribution in [0.25, 0.3) is 0 Å². The Morgan fingerprint density at radius 1 is 1.50 bits per heavy atom. The number of hydrogen-bond acceptors (Lipinski definition) is 3. The van der Waals surface area contributed by atoms with E-state index in [2.05, 4.69) is 6.58 Å². The van der Waals surface area contributed by atoms with Gasteiger partial charge in [0, 0.05) is 0 Å². The van der Waals surface area contributed by atoms with E-state index in [9.17, 15) is 9.59 Å². The minimum atomic E-state index is -1.12. The van der Waals surface area contributed by atoms with Crippen molar-refractivity contribution >= 4 is 11.9 Å². The molecule has 2 N–H and O–H groups in total. The average Bonchev–Trinajstić information content (AvgIpc) is 2.26. The first kappa shape index (κ1) is 11.8. The third kappa shape index (κ3) is 2.84. The molecule has 0 saturated heterocycles. The number of benzene rings is 1. The SMILES string of the molecule is C=CC(=O)NOc1ccc(C)cc1C(=O)O. The summed E-state index contributed by atoms with van der Waals surface area (Å²) in [5.74, 6) is -1.59. The summed E-state index contributed by atoms with van der Waals surface area (Å²) < 4.78 is 0. The van der Waals surface area contributed by atoms with E-state index < -0.39 is 11.9 Å². The summed E-state index contributed by atoms with van der Waals surface area (Å²) in [6, 6.07) is 4.61. The van der Waals surface area contributed by atoms with Crippen LogP contribution in [-0.2, 0) is 4.79 Å². The number of carboxylic acid groups (broad SMARTS) is 1. The molecule has 0 aliphatic carbocycles. The highest BCUT2D eigenvalue weighted by Gasteiger charge is 2.12. The second kappa shape index (κ2) is 4.97. The Kier molecular flexibility index (Phi) is 3.66. The monoisotopic (exact) mass is 221 g/mol. The van der Waals surface area contributed by atoms with E-state index in [1.54, 1.807) is 13.0 Å². The van der Waals surface area contributed by atoms with Gasteiger partial charge in [0.2, 0.25) is 0 Å². The van der Waals surface area contributed by atoms with Gasteiger partial charge in [-0.15, -0.1) is 0 Å². The molecule has 1 aromatic rings. The van der Waals surface area contributed by atoms with Gasteiger partial charge in [-0.3, -0.25) is 4.79 Å². The molecule has 1 amide bonds. The van der Waals surface area contributed by atoms with Crippen LogP contribution in [0.5, 0.6) is 5.75 Å². The van der Waals surface area contributed by atoms with Gasteiger partial charge >= 0.3 is 5.97 Å². The van der Waals surface area contributed by atoms with E-state index in [0.29, 0.717) is 0 Å². The maximum atomic E-state index is 10.9. The molecule has 0 saturated carbocycles. The van der Waals surface area contributed by atoms with Crippen LogP contribution in [-0.4, -0.2) is 17.0 Å². The zero-order valence-corrected chi connectivity index (χ0v) is 8.69. The number of carbonyl (C=O) groups is 2. The first-order chi connectivity index (χ1) is 7.54. The molecule has 5 nitrogen and oxygen atoms in total. The summed E-state index contributed by atoms with van der Waals surface area (Å²) in [5, 5.41) is 8.90. The molecule has 0 aliphatic rings. The summed E-state index contributed by atoms with van der Waals surface area (Å²) in [7, 11) is 0. The van der Waals surface area contributed by atoms with Crippen molar-refractivity contribution in [3.63, 3.8) is 0 Å². The van der Waals surface area contributed by atoms with Crippen LogP contribution < -0.4 is 10.3 Å². The van der Waals surface area contributed by atoms with Crippen molar-refractivity contribution in [2.24, 2.45) is 0 Å². The van der Waals surface area contributed by atoms with Gasteiger partial charge in [0.25, 0.3) is 5.91 Å². The first-order valence-electron chi connectivity index (χ1n) is 4.48. The van der Waals surface area contributed by atoms with Crippen LogP contribution in [0.15, 0.2) is 30.9 Å². The summed E-state index contributed by atoms with van der Waals surface area (Å²) in [6.07, 6.45) is 1.02. The smallest absolute Gasteiger partial charge is 0.339 e. The number of rotatable bonds is 4. The Morgan fingerprint density at radius 3 is 2.75 bits per heavy atom. The number of carboxylic acids is 1. The molecular formula is C11H11NO4. The lowest BCUT2D eigenvalue weighted by atomic mass is 10.1. The minimum absolute atomic E-state index is 0.00985. The number of amides is 1. The van der Waals surface area contributed by atoms with E-state index in [1.807, 2.05) is 5.48 Å². The van der Waals surface area contributed by atoms with Gasteiger partial charge in [-0.2, -0.15) is 5.48 Å². The number of aromatic carboxylic acids is 1. The minimum Gasteiger partial charge on any atom is -0.478 e. The lowest BCUT2D eigenvalue weighted by Crippen LogP contribution is -2.25. The average molecular weight is 221 g/mol. The van der Waals surface area contributed by atoms with Gasteiger partial charge < -0.3 is 9.94 Å². The number of nitrogens with one attached hydrogen (secondary N) is 1. The molecule has 5 heteroatoms. The number of hydroxylamine groups is 1. The van der Waals surface area contributed by atoms with Crippen LogP contribution in [0.4, 0.5) is 0 Å². The molecule has 0 heterocycles. The van der Waals surface area contributed by atoms with Crippen LogP contribution in [0.3, 0.4) is 0 Å². The summed E-state index contributed by atoms with van der Waals surface area (Å²) in [5.41, 5.74) is 2.82. The zero-order chi connectivity index (χ0) is 12.1. The lowest BCUT2D eigenvalue weighted by Gasteiger charge is -2.08. The lowest BCUT2D eigenvalue weighted by molar-refractivity contribution is -0.122. The number of hydrogen-bond donors (Lipinski definition) is 2. The molecule has 1 rings (SSSR count). The maximum absolute atomic E-state index is 10.9. The van der Waals surface area contributed by atoms with Crippen molar-refractivity contribution in [1.82, 2.24) is 5.48 Å². The van der Waals surface area contributed by atoms with Gasteiger partial charge in [-0.25, -0.2) is 4.79 Å². The number of aryl methyl sites for hydroxylation is 1. The standard InChI is InChI=1S/C11H11NO4/c1-3-10(13)12-16-9-5-4-7(2)6-8(9)11(14)15/h3-6H,1H2,2H3,(H,12,13)(H,14,15). The fourth-order valence-corrected chi connectivity index (χ4v) is 1.05. The van der Waals surface area contributed by atoms with E-state index in [1.165, 1.54) is 12.1 Å². The van der Waals surface area contributed by atoms with E-state index in [4.69, 9.17) is 9.94 Å². The van der Waals surface area contributed by atoms with Gasteiger partial charge in [0.15, 0.2) is 5.75 Å². The van der Waals surface area contributed by atoms with Crippen molar-refractivity contribution in [3.05, 3.63) is 42.0 Å². The Hall–Kier alpha value is -2.30. The summed E-state index contributed by atoms with van der Waals surface area (Å²) in [4.78, 5) is 26.6. The molecule has 1 aromatic carbocycles. The predicted molar refractivity (Wildman–Crippen MR) is 57.1 cm³/mol. The fraction of sp³-hybridized carbons (Fsp3) is 0.0909. The van der Waals surface area contributed by atoms with E-state index in [-0.39, 0.29) is 11.3 Å². The molecular weight excluding hydrogens is 210 g/mol. The molecule has 0 aliphatic heterocycles. The first-order valence-corrected chi connectivity index (χ1v) is 4.48. The predicted octanol–water partition coefficient (Wildman–Crippen LogP) is 1.29. The molecule has 84 valence electrons. The van der Waals surface area contributed by atoms with Crippen LogP contribution in [0, 0.1) is 6.92 Å². The summed E-state index contributed by atoms with van der Waals surface area (Å²) >= 11 is 0. The Bertz CT molecular complexity index is 440. The van der Waals surface area contributed by atoms with Crippen LogP contribution >= 0.6 is 0 Å². The molecule has 0 atom stereocenters. The molecule has 0 aromatic heterocycles. The van der Waals surface area contributed by atoms with Gasteiger partial charge in [-0.05, 0) is 30.7 Å². The van der Waals surface area contributed by atoms with Gasteiger partial charge in [-0.1, -0.05) is 12.6 Å². The largest absolute Gasteiger partial charge is 0.478 e. The summed E-state index contributed by atoms with van der Waals surface area (Å²) in [6.45, 7) is 5.00. The van der Waals surface area contributed by atoms with Gasteiger partial charge in [0.05, 0.1) is 0 Å². The highest BCUT2D eigenvalue weighted by atomic mass is 16.7. The normalized spacial score (nSPS) is 9.31. The molecule has 0 radical (unpaired) electrons. The second-order valence-corrected chi connectivity index (χ2v) is 3.08. The van der Waals surface area contributed by atoms with Crippen molar-refractivity contribution in [2.45, 2.75) is 6.92 Å². The molecule has 0 fully saturated rings. The molecule has 0 spiro atoms. The van der Waals surface area contributed by atoms with E-state index in [0.717, 1.165) is 11.6 Å². The van der Waals surface area contributed by atoms with Gasteiger partial charge in [0.1, 0.15) is 5.56 Å². The Morgan fingerprint density at radius 2 is 2.19 bits per heavy atom. The second-order valence-electron chi connectivity index (χ2n) is 3.08. The van der Waals surface area contributed by atoms with Crippen molar-refractivity contribution in [2.75, 3.05) is 0 Å². The highest BCUT2D eigenvalue weighted by molar-refractivity contribution is 5.91. The topological polar surface area (TPSA) is 75.6 Å². The number of carbonyl (C=O) groups excluding carboxylic acids is 1. The van der Waals surface area contributed by atoms with Crippen molar-refractivity contribution in [1.29, 1.82) is 0 Å². The van der Waals surface area contributed by atoms with Crippen molar-refractivity contribution in [3.8, 4) is 5.75 Å². The van der Waals surface area contributed by atoms with Crippen molar-refractivity contribution < 1.29 is 19.5 Å². The fourth-order valence-electron chi connectivity index (χ4n) is 1.05. The highest BCUT2D eigenvalue weighted by Crippen LogP contribution is 2.19. The zero-order valence-electron chi connectivity index (χ0n) is 8.69. The Labute approximate surface area is 92.3 Å². The third-order valence-corrected chi connectivity index (χ3v) is 1.81. The van der Waals surface area contributed by atoms with Crippen LogP contribution in [0.2, 0.25) is 0 Å². The quantitative estimate of drug-likeness (QED) is 0.593. The van der Waals surface area contributed by atoms with E-state index >= 15 is 0 Å². The third-order valence-electron chi connectivity index (χ3n) is 1.81. The molecule has 0 bridgehead atoms.